The van der Waals surface area contributed by atoms with E-state index in [2.05, 4.69) is 25.9 Å². The lowest BCUT2D eigenvalue weighted by Crippen LogP contribution is -2.41. The van der Waals surface area contributed by atoms with E-state index in [1.165, 1.54) is 18.3 Å². The zero-order chi connectivity index (χ0) is 24.8. The monoisotopic (exact) mass is 480 g/mol. The van der Waals surface area contributed by atoms with E-state index in [0.29, 0.717) is 17.8 Å². The molecule has 2 heterocycles. The third kappa shape index (κ3) is 5.96. The van der Waals surface area contributed by atoms with E-state index in [9.17, 15) is 18.4 Å². The van der Waals surface area contributed by atoms with Gasteiger partial charge in [0.25, 0.3) is 11.8 Å². The number of benzene rings is 2. The minimum absolute atomic E-state index is 0.0128. The highest BCUT2D eigenvalue weighted by molar-refractivity contribution is 5.97. The Labute approximate surface area is 201 Å². The molecule has 0 unspecified atom stereocenters. The minimum Gasteiger partial charge on any atom is -0.382 e. The van der Waals surface area contributed by atoms with Crippen LogP contribution >= 0.6 is 0 Å². The molecule has 35 heavy (non-hydrogen) atoms. The summed E-state index contributed by atoms with van der Waals surface area (Å²) in [5.41, 5.74) is 7.19. The summed E-state index contributed by atoms with van der Waals surface area (Å²) in [6, 6.07) is 10.3. The summed E-state index contributed by atoms with van der Waals surface area (Å²) in [4.78, 5) is 34.0. The number of aromatic nitrogens is 2. The number of nitrogen functional groups attached to an aromatic ring is 1. The number of carbonyl (C=O) groups excluding carboxylic acids is 2. The van der Waals surface area contributed by atoms with Crippen LogP contribution in [0.25, 0.3) is 11.3 Å². The van der Waals surface area contributed by atoms with Crippen LogP contribution in [0.4, 0.5) is 14.6 Å². The predicted octanol–water partition coefficient (Wildman–Crippen LogP) is 2.81. The van der Waals surface area contributed by atoms with Gasteiger partial charge in [0.1, 0.15) is 0 Å². The van der Waals surface area contributed by atoms with Crippen molar-refractivity contribution in [1.29, 1.82) is 0 Å². The number of hydrogen-bond acceptors (Lipinski definition) is 6. The van der Waals surface area contributed by atoms with E-state index in [0.717, 1.165) is 31.9 Å². The smallest absolute Gasteiger partial charge is 0.274 e. The topological polar surface area (TPSA) is 122 Å². The van der Waals surface area contributed by atoms with E-state index < -0.39 is 23.4 Å². The van der Waals surface area contributed by atoms with Crippen molar-refractivity contribution in [3.8, 4) is 11.3 Å². The standard InChI is InChI=1S/C25H26F2N6O2/c26-19-9-4-7-17(21(19)27)12-31-24(34)16-6-3-5-15(11-16)20-14-30-23(28)22(33-20)25(35)32-18-8-1-2-10-29-13-18/h3-7,9,11,14,18,29H,1-2,8,10,12-13H2,(H2,28,30)(H,31,34)(H,32,35)/t18-/m0/s1. The van der Waals surface area contributed by atoms with E-state index in [-0.39, 0.29) is 35.2 Å². The molecule has 1 saturated heterocycles. The van der Waals surface area contributed by atoms with Crippen molar-refractivity contribution >= 4 is 17.6 Å². The van der Waals surface area contributed by atoms with Crippen LogP contribution in [0.3, 0.4) is 0 Å². The third-order valence-electron chi connectivity index (χ3n) is 5.79. The zero-order valence-corrected chi connectivity index (χ0v) is 19.0. The highest BCUT2D eigenvalue weighted by atomic mass is 19.2. The fourth-order valence-corrected chi connectivity index (χ4v) is 3.88. The largest absolute Gasteiger partial charge is 0.382 e. The van der Waals surface area contributed by atoms with Crippen molar-refractivity contribution in [1.82, 2.24) is 25.9 Å². The Hall–Kier alpha value is -3.92. The third-order valence-corrected chi connectivity index (χ3v) is 5.79. The van der Waals surface area contributed by atoms with Gasteiger partial charge in [0, 0.05) is 35.8 Å². The Balaban J connectivity index is 1.49. The van der Waals surface area contributed by atoms with Crippen LogP contribution in [0.2, 0.25) is 0 Å². The zero-order valence-electron chi connectivity index (χ0n) is 19.0. The number of anilines is 1. The van der Waals surface area contributed by atoms with Crippen molar-refractivity contribution in [3.05, 3.63) is 77.1 Å². The Bertz CT molecular complexity index is 1230. The summed E-state index contributed by atoms with van der Waals surface area (Å²) in [5, 5.41) is 8.83. The number of nitrogens with two attached hydrogens (primary N) is 1. The molecule has 1 atom stereocenters. The Morgan fingerprint density at radius 1 is 1.11 bits per heavy atom. The molecule has 1 aromatic heterocycles. The van der Waals surface area contributed by atoms with Crippen molar-refractivity contribution in [2.45, 2.75) is 31.8 Å². The van der Waals surface area contributed by atoms with E-state index in [1.54, 1.807) is 24.3 Å². The van der Waals surface area contributed by atoms with Gasteiger partial charge in [-0.3, -0.25) is 9.59 Å². The van der Waals surface area contributed by atoms with Crippen LogP contribution < -0.4 is 21.7 Å². The molecule has 3 aromatic rings. The van der Waals surface area contributed by atoms with Gasteiger partial charge in [0.2, 0.25) is 0 Å². The Kier molecular flexibility index (Phi) is 7.61. The van der Waals surface area contributed by atoms with Gasteiger partial charge in [0.15, 0.2) is 23.1 Å². The molecular formula is C25H26F2N6O2. The van der Waals surface area contributed by atoms with Crippen LogP contribution in [-0.2, 0) is 6.54 Å². The van der Waals surface area contributed by atoms with Gasteiger partial charge in [-0.2, -0.15) is 0 Å². The number of halogens is 2. The van der Waals surface area contributed by atoms with Crippen LogP contribution in [0.1, 0.15) is 45.7 Å². The number of nitrogens with one attached hydrogen (secondary N) is 3. The number of carbonyl (C=O) groups is 2. The molecule has 2 aromatic carbocycles. The first-order valence-corrected chi connectivity index (χ1v) is 11.4. The van der Waals surface area contributed by atoms with Gasteiger partial charge in [0.05, 0.1) is 11.9 Å². The molecular weight excluding hydrogens is 454 g/mol. The summed E-state index contributed by atoms with van der Waals surface area (Å²) in [6.07, 6.45) is 4.37. The molecule has 5 N–H and O–H groups in total. The first kappa shape index (κ1) is 24.2. The van der Waals surface area contributed by atoms with E-state index >= 15 is 0 Å². The minimum atomic E-state index is -0.996. The van der Waals surface area contributed by atoms with Gasteiger partial charge in [-0.05, 0) is 37.6 Å². The fraction of sp³-hybridized carbons (Fsp3) is 0.280. The maximum atomic E-state index is 13.9. The fourth-order valence-electron chi connectivity index (χ4n) is 3.88. The van der Waals surface area contributed by atoms with Crippen LogP contribution in [0, 0.1) is 11.6 Å². The lowest BCUT2D eigenvalue weighted by Gasteiger charge is -2.16. The van der Waals surface area contributed by atoms with E-state index in [1.807, 2.05) is 0 Å². The normalized spacial score (nSPS) is 15.8. The molecule has 0 spiro atoms. The maximum Gasteiger partial charge on any atom is 0.274 e. The second-order valence-corrected chi connectivity index (χ2v) is 8.34. The Morgan fingerprint density at radius 2 is 1.94 bits per heavy atom. The molecule has 0 aliphatic carbocycles. The summed E-state index contributed by atoms with van der Waals surface area (Å²) < 4.78 is 27.2. The predicted molar refractivity (Wildman–Crippen MR) is 127 cm³/mol. The van der Waals surface area contributed by atoms with Gasteiger partial charge in [-0.25, -0.2) is 18.7 Å². The SMILES string of the molecule is Nc1ncc(-c2cccc(C(=O)NCc3cccc(F)c3F)c2)nc1C(=O)N[C@H]1CCCCNC1. The van der Waals surface area contributed by atoms with Crippen molar-refractivity contribution in [3.63, 3.8) is 0 Å². The van der Waals surface area contributed by atoms with E-state index in [4.69, 9.17) is 5.73 Å². The molecule has 0 saturated carbocycles. The van der Waals surface area contributed by atoms with Crippen molar-refractivity contribution in [2.24, 2.45) is 0 Å². The van der Waals surface area contributed by atoms with Crippen LogP contribution in [-0.4, -0.2) is 40.9 Å². The molecule has 1 aliphatic heterocycles. The highest BCUT2D eigenvalue weighted by Gasteiger charge is 2.20. The lowest BCUT2D eigenvalue weighted by molar-refractivity contribution is 0.0928. The quantitative estimate of drug-likeness (QED) is 0.431. The van der Waals surface area contributed by atoms with Gasteiger partial charge < -0.3 is 21.7 Å². The summed E-state index contributed by atoms with van der Waals surface area (Å²) in [5.74, 6) is -2.84. The summed E-state index contributed by atoms with van der Waals surface area (Å²) in [6.45, 7) is 1.43. The molecule has 2 amide bonds. The average Bonchev–Trinajstić information content (AvgIpc) is 3.13. The number of rotatable bonds is 6. The maximum absolute atomic E-state index is 13.9. The highest BCUT2D eigenvalue weighted by Crippen LogP contribution is 2.20. The number of hydrogen-bond donors (Lipinski definition) is 4. The van der Waals surface area contributed by atoms with Crippen LogP contribution in [0.5, 0.6) is 0 Å². The molecule has 1 fully saturated rings. The Morgan fingerprint density at radius 3 is 2.80 bits per heavy atom. The van der Waals surface area contributed by atoms with Gasteiger partial charge in [-0.1, -0.05) is 30.7 Å². The molecule has 8 nitrogen and oxygen atoms in total. The van der Waals surface area contributed by atoms with Crippen LogP contribution in [0.15, 0.2) is 48.7 Å². The van der Waals surface area contributed by atoms with Crippen molar-refractivity contribution < 1.29 is 18.4 Å². The second-order valence-electron chi connectivity index (χ2n) is 8.34. The summed E-state index contributed by atoms with van der Waals surface area (Å²) >= 11 is 0. The lowest BCUT2D eigenvalue weighted by atomic mass is 10.1. The average molecular weight is 481 g/mol. The molecule has 0 radical (unpaired) electrons. The summed E-state index contributed by atoms with van der Waals surface area (Å²) in [7, 11) is 0. The molecule has 182 valence electrons. The van der Waals surface area contributed by atoms with Gasteiger partial charge >= 0.3 is 0 Å². The number of amides is 2. The molecule has 4 rings (SSSR count). The second kappa shape index (κ2) is 11.0. The number of nitrogens with zero attached hydrogens (tertiary/aromatic N) is 2. The first-order valence-electron chi connectivity index (χ1n) is 11.4. The molecule has 10 heteroatoms. The van der Waals surface area contributed by atoms with Gasteiger partial charge in [-0.15, -0.1) is 0 Å². The molecule has 0 bridgehead atoms. The first-order chi connectivity index (χ1) is 16.9. The molecule has 1 aliphatic rings. The van der Waals surface area contributed by atoms with Crippen molar-refractivity contribution in [2.75, 3.05) is 18.8 Å².